The van der Waals surface area contributed by atoms with E-state index in [9.17, 15) is 4.39 Å². The van der Waals surface area contributed by atoms with Gasteiger partial charge in [-0.05, 0) is 42.4 Å². The summed E-state index contributed by atoms with van der Waals surface area (Å²) >= 11 is 5.81. The van der Waals surface area contributed by atoms with E-state index in [0.717, 1.165) is 12.0 Å². The Labute approximate surface area is 113 Å². The van der Waals surface area contributed by atoms with Crippen LogP contribution in [0.2, 0.25) is 5.02 Å². The van der Waals surface area contributed by atoms with E-state index >= 15 is 0 Å². The quantitative estimate of drug-likeness (QED) is 0.650. The van der Waals surface area contributed by atoms with Gasteiger partial charge >= 0.3 is 0 Å². The molecule has 0 spiro atoms. The van der Waals surface area contributed by atoms with Crippen molar-refractivity contribution in [1.29, 1.82) is 0 Å². The molecule has 18 heavy (non-hydrogen) atoms. The van der Waals surface area contributed by atoms with Gasteiger partial charge in [-0.2, -0.15) is 0 Å². The summed E-state index contributed by atoms with van der Waals surface area (Å²) in [5, 5.41) is 0.180. The number of benzene rings is 1. The molecule has 1 aromatic rings. The van der Waals surface area contributed by atoms with E-state index in [2.05, 4.69) is 12.3 Å². The van der Waals surface area contributed by atoms with Crippen molar-refractivity contribution in [2.24, 2.45) is 11.3 Å². The van der Waals surface area contributed by atoms with Crippen LogP contribution in [-0.4, -0.2) is 6.04 Å². The number of nitrogens with one attached hydrogen (secondary N) is 1. The van der Waals surface area contributed by atoms with Crippen molar-refractivity contribution >= 4 is 11.6 Å². The van der Waals surface area contributed by atoms with Crippen LogP contribution >= 0.6 is 11.6 Å². The van der Waals surface area contributed by atoms with E-state index in [4.69, 9.17) is 17.4 Å². The monoisotopic (exact) mass is 270 g/mol. The Morgan fingerprint density at radius 1 is 1.44 bits per heavy atom. The predicted octanol–water partition coefficient (Wildman–Crippen LogP) is 3.43. The standard InChI is InChI=1S/C14H20ClFN2/c1-14(6-2-3-7-14)13(18-17)9-10-4-5-12(16)11(15)8-10/h4-5,8,13,18H,2-3,6-7,9,17H2,1H3. The third-order valence-corrected chi connectivity index (χ3v) is 4.50. The Bertz CT molecular complexity index is 416. The summed E-state index contributed by atoms with van der Waals surface area (Å²) < 4.78 is 13.1. The maximum absolute atomic E-state index is 13.1. The molecule has 1 saturated carbocycles. The van der Waals surface area contributed by atoms with Crippen molar-refractivity contribution in [2.45, 2.75) is 45.1 Å². The van der Waals surface area contributed by atoms with Gasteiger partial charge in [0.15, 0.2) is 0 Å². The largest absolute Gasteiger partial charge is 0.271 e. The van der Waals surface area contributed by atoms with Crippen LogP contribution < -0.4 is 11.3 Å². The molecule has 0 heterocycles. The van der Waals surface area contributed by atoms with Gasteiger partial charge in [-0.3, -0.25) is 11.3 Å². The number of nitrogens with two attached hydrogens (primary N) is 1. The summed E-state index contributed by atoms with van der Waals surface area (Å²) in [6, 6.07) is 5.10. The van der Waals surface area contributed by atoms with Crippen LogP contribution in [0.25, 0.3) is 0 Å². The van der Waals surface area contributed by atoms with E-state index in [1.54, 1.807) is 12.1 Å². The topological polar surface area (TPSA) is 38.0 Å². The molecular formula is C14H20ClFN2. The molecule has 0 bridgehead atoms. The van der Waals surface area contributed by atoms with Gasteiger partial charge < -0.3 is 0 Å². The number of rotatable bonds is 4. The van der Waals surface area contributed by atoms with Gasteiger partial charge in [-0.1, -0.05) is 37.4 Å². The van der Waals surface area contributed by atoms with E-state index in [1.807, 2.05) is 0 Å². The van der Waals surface area contributed by atoms with Gasteiger partial charge in [-0.25, -0.2) is 4.39 Å². The van der Waals surface area contributed by atoms with Crippen molar-refractivity contribution in [3.8, 4) is 0 Å². The van der Waals surface area contributed by atoms with Crippen LogP contribution in [0, 0.1) is 11.2 Å². The summed E-state index contributed by atoms with van der Waals surface area (Å²) in [6.45, 7) is 2.27. The number of hydrogen-bond donors (Lipinski definition) is 2. The highest BCUT2D eigenvalue weighted by atomic mass is 35.5. The number of hydrazine groups is 1. The fourth-order valence-corrected chi connectivity index (χ4v) is 3.14. The first-order chi connectivity index (χ1) is 8.55. The molecule has 1 aliphatic rings. The Morgan fingerprint density at radius 2 is 2.11 bits per heavy atom. The second kappa shape index (κ2) is 5.55. The minimum atomic E-state index is -0.371. The van der Waals surface area contributed by atoms with Crippen LogP contribution in [0.15, 0.2) is 18.2 Å². The van der Waals surface area contributed by atoms with Crippen LogP contribution in [0.4, 0.5) is 4.39 Å². The summed E-state index contributed by atoms with van der Waals surface area (Å²) in [6.07, 6.45) is 5.69. The van der Waals surface area contributed by atoms with Crippen molar-refractivity contribution in [1.82, 2.24) is 5.43 Å². The molecule has 1 aliphatic carbocycles. The molecule has 4 heteroatoms. The molecule has 3 N–H and O–H groups in total. The minimum Gasteiger partial charge on any atom is -0.271 e. The van der Waals surface area contributed by atoms with E-state index in [0.29, 0.717) is 0 Å². The lowest BCUT2D eigenvalue weighted by molar-refractivity contribution is 0.221. The van der Waals surface area contributed by atoms with Crippen LogP contribution in [-0.2, 0) is 6.42 Å². The lowest BCUT2D eigenvalue weighted by atomic mass is 9.78. The maximum atomic E-state index is 13.1. The maximum Gasteiger partial charge on any atom is 0.141 e. The second-order valence-electron chi connectivity index (χ2n) is 5.53. The summed E-state index contributed by atoms with van der Waals surface area (Å²) in [4.78, 5) is 0. The fraction of sp³-hybridized carbons (Fsp3) is 0.571. The van der Waals surface area contributed by atoms with Gasteiger partial charge in [0, 0.05) is 6.04 Å². The predicted molar refractivity (Wildman–Crippen MR) is 72.8 cm³/mol. The minimum absolute atomic E-state index is 0.180. The van der Waals surface area contributed by atoms with Gasteiger partial charge in [0.25, 0.3) is 0 Å². The van der Waals surface area contributed by atoms with Crippen LogP contribution in [0.1, 0.15) is 38.2 Å². The Kier molecular flexibility index (Phi) is 4.25. The van der Waals surface area contributed by atoms with Crippen molar-refractivity contribution in [3.05, 3.63) is 34.6 Å². The Morgan fingerprint density at radius 3 is 2.67 bits per heavy atom. The molecule has 2 rings (SSSR count). The van der Waals surface area contributed by atoms with Gasteiger partial charge in [0.2, 0.25) is 0 Å². The molecule has 1 unspecified atom stereocenters. The normalized spacial score (nSPS) is 20.0. The van der Waals surface area contributed by atoms with Gasteiger partial charge in [0.1, 0.15) is 5.82 Å². The van der Waals surface area contributed by atoms with Gasteiger partial charge in [-0.15, -0.1) is 0 Å². The smallest absolute Gasteiger partial charge is 0.141 e. The number of halogens is 2. The molecule has 0 saturated heterocycles. The highest BCUT2D eigenvalue weighted by Gasteiger charge is 2.36. The summed E-state index contributed by atoms with van der Waals surface area (Å²) in [5.41, 5.74) is 4.19. The first kappa shape index (κ1) is 13.8. The van der Waals surface area contributed by atoms with Crippen LogP contribution in [0.5, 0.6) is 0 Å². The third kappa shape index (κ3) is 2.85. The van der Waals surface area contributed by atoms with Crippen molar-refractivity contribution < 1.29 is 4.39 Å². The molecule has 1 fully saturated rings. The highest BCUT2D eigenvalue weighted by Crippen LogP contribution is 2.41. The molecule has 0 aromatic heterocycles. The molecule has 0 aliphatic heterocycles. The SMILES string of the molecule is CC1(C(Cc2ccc(F)c(Cl)c2)NN)CCCC1. The zero-order valence-corrected chi connectivity index (χ0v) is 11.4. The lowest BCUT2D eigenvalue weighted by Crippen LogP contribution is -2.47. The molecule has 0 radical (unpaired) electrons. The molecule has 1 atom stereocenters. The average molecular weight is 271 g/mol. The summed E-state index contributed by atoms with van der Waals surface area (Å²) in [5.74, 6) is 5.33. The van der Waals surface area contributed by atoms with E-state index in [1.165, 1.54) is 31.7 Å². The zero-order valence-electron chi connectivity index (χ0n) is 10.7. The third-order valence-electron chi connectivity index (χ3n) is 4.21. The highest BCUT2D eigenvalue weighted by molar-refractivity contribution is 6.30. The zero-order chi connectivity index (χ0) is 13.2. The average Bonchev–Trinajstić information content (AvgIpc) is 2.78. The van der Waals surface area contributed by atoms with Gasteiger partial charge in [0.05, 0.1) is 5.02 Å². The number of hydrogen-bond acceptors (Lipinski definition) is 2. The Balaban J connectivity index is 2.12. The van der Waals surface area contributed by atoms with Crippen molar-refractivity contribution in [3.63, 3.8) is 0 Å². The van der Waals surface area contributed by atoms with E-state index < -0.39 is 0 Å². The van der Waals surface area contributed by atoms with E-state index in [-0.39, 0.29) is 22.3 Å². The first-order valence-corrected chi connectivity index (χ1v) is 6.83. The Hall–Kier alpha value is -0.640. The molecule has 0 amide bonds. The molecular weight excluding hydrogens is 251 g/mol. The molecule has 1 aromatic carbocycles. The first-order valence-electron chi connectivity index (χ1n) is 6.45. The fourth-order valence-electron chi connectivity index (χ4n) is 2.94. The second-order valence-corrected chi connectivity index (χ2v) is 5.94. The van der Waals surface area contributed by atoms with Crippen LogP contribution in [0.3, 0.4) is 0 Å². The summed E-state index contributed by atoms with van der Waals surface area (Å²) in [7, 11) is 0. The van der Waals surface area contributed by atoms with Crippen molar-refractivity contribution in [2.75, 3.05) is 0 Å². The lowest BCUT2D eigenvalue weighted by Gasteiger charge is -2.33. The molecule has 100 valence electrons. The molecule has 2 nitrogen and oxygen atoms in total.